The van der Waals surface area contributed by atoms with Crippen LogP contribution >= 0.6 is 0 Å². The summed E-state index contributed by atoms with van der Waals surface area (Å²) in [5.41, 5.74) is 9.50. The van der Waals surface area contributed by atoms with E-state index in [4.69, 9.17) is 15.9 Å². The first-order valence-corrected chi connectivity index (χ1v) is 10.0. The smallest absolute Gasteiger partial charge is 0.320 e. The maximum Gasteiger partial charge on any atom is 0.320 e. The number of fused-ring (bicyclic) bond motifs is 1. The van der Waals surface area contributed by atoms with E-state index in [2.05, 4.69) is 27.5 Å². The number of carboxylic acids is 1. The van der Waals surface area contributed by atoms with Crippen LogP contribution in [-0.4, -0.2) is 44.2 Å². The van der Waals surface area contributed by atoms with Crippen molar-refractivity contribution in [1.82, 2.24) is 21.6 Å². The number of para-hydroxylation sites is 1. The minimum atomic E-state index is -0.959. The molecule has 0 radical (unpaired) electrons. The number of rotatable bonds is 6. The van der Waals surface area contributed by atoms with Gasteiger partial charge in [0.1, 0.15) is 11.6 Å². The Kier molecular flexibility index (Phi) is 12.6. The maximum absolute atomic E-state index is 10.4. The molecule has 0 saturated carbocycles. The van der Waals surface area contributed by atoms with Crippen molar-refractivity contribution in [3.8, 4) is 0 Å². The lowest BCUT2D eigenvalue weighted by molar-refractivity contribution is -0.138. The first-order valence-electron chi connectivity index (χ1n) is 10.0. The number of nitrogens with zero attached hydrogens (tertiary/aromatic N) is 2. The number of benzene rings is 3. The van der Waals surface area contributed by atoms with Crippen LogP contribution in [0.3, 0.4) is 0 Å². The number of aromatic amines is 1. The summed E-state index contributed by atoms with van der Waals surface area (Å²) in [5.74, 6) is -0.959. The van der Waals surface area contributed by atoms with Crippen molar-refractivity contribution in [2.75, 3.05) is 6.61 Å². The van der Waals surface area contributed by atoms with Gasteiger partial charge in [-0.05, 0) is 42.5 Å². The third-order valence-electron chi connectivity index (χ3n) is 4.31. The molecule has 0 spiro atoms. The number of aryl methyl sites for hydroxylation is 1. The van der Waals surface area contributed by atoms with E-state index in [1.165, 1.54) is 5.56 Å². The molecular weight excluding hydrogens is 406 g/mol. The molecule has 0 amide bonds. The molecular formula is C24H31N5O3. The maximum atomic E-state index is 10.4. The zero-order valence-corrected chi connectivity index (χ0v) is 18.0. The monoisotopic (exact) mass is 437 g/mol. The number of aromatic nitrogens is 3. The van der Waals surface area contributed by atoms with Gasteiger partial charge in [-0.25, -0.2) is 0 Å². The van der Waals surface area contributed by atoms with Gasteiger partial charge in [0.05, 0.1) is 5.52 Å². The highest BCUT2D eigenvalue weighted by Crippen LogP contribution is 2.04. The first-order chi connectivity index (χ1) is 15.1. The van der Waals surface area contributed by atoms with Crippen LogP contribution in [-0.2, 0) is 17.6 Å². The minimum absolute atomic E-state index is 0. The minimum Gasteiger partial charge on any atom is -0.480 e. The summed E-state index contributed by atoms with van der Waals surface area (Å²) in [6, 6.07) is 26.5. The summed E-state index contributed by atoms with van der Waals surface area (Å²) < 4.78 is 0. The molecule has 8 nitrogen and oxygen atoms in total. The van der Waals surface area contributed by atoms with Crippen LogP contribution in [0.1, 0.15) is 17.5 Å². The van der Waals surface area contributed by atoms with Gasteiger partial charge in [-0.3, -0.25) is 9.89 Å². The average molecular weight is 438 g/mol. The van der Waals surface area contributed by atoms with Crippen molar-refractivity contribution in [2.24, 2.45) is 5.73 Å². The number of hydrogen-bond acceptors (Lipinski definition) is 6. The second kappa shape index (κ2) is 15.2. The molecule has 0 fully saturated rings. The summed E-state index contributed by atoms with van der Waals surface area (Å²) >= 11 is 0. The molecule has 0 bridgehead atoms. The Labute approximate surface area is 187 Å². The van der Waals surface area contributed by atoms with Gasteiger partial charge < -0.3 is 22.1 Å². The number of hydrogen-bond donors (Lipinski definition) is 5. The highest BCUT2D eigenvalue weighted by atomic mass is 16.4. The van der Waals surface area contributed by atoms with E-state index in [0.717, 1.165) is 29.4 Å². The first kappa shape index (κ1) is 26.4. The van der Waals surface area contributed by atoms with Crippen molar-refractivity contribution < 1.29 is 15.0 Å². The summed E-state index contributed by atoms with van der Waals surface area (Å²) in [4.78, 5) is 10.4. The van der Waals surface area contributed by atoms with Gasteiger partial charge in [-0.2, -0.15) is 0 Å². The number of aliphatic hydroxyl groups excluding tert-OH is 1. The predicted molar refractivity (Wildman–Crippen MR) is 127 cm³/mol. The second-order valence-electron chi connectivity index (χ2n) is 6.78. The molecule has 0 saturated heterocycles. The lowest BCUT2D eigenvalue weighted by Gasteiger charge is -2.04. The molecule has 4 aromatic rings. The molecule has 1 heterocycles. The number of H-pyrrole nitrogens is 1. The fourth-order valence-corrected chi connectivity index (χ4v) is 2.67. The van der Waals surface area contributed by atoms with E-state index < -0.39 is 12.0 Å². The predicted octanol–water partition coefficient (Wildman–Crippen LogP) is 3.37. The molecule has 3 aromatic carbocycles. The zero-order valence-electron chi connectivity index (χ0n) is 18.0. The summed E-state index contributed by atoms with van der Waals surface area (Å²) in [6.07, 6.45) is 2.23. The Balaban J connectivity index is 0.000000238. The third kappa shape index (κ3) is 9.94. The number of nitrogens with one attached hydrogen (secondary N) is 1. The normalized spacial score (nSPS) is 10.6. The van der Waals surface area contributed by atoms with Gasteiger partial charge >= 0.3 is 5.97 Å². The zero-order chi connectivity index (χ0) is 22.3. The Morgan fingerprint density at radius 1 is 0.906 bits per heavy atom. The number of nitrogens with two attached hydrogens (primary N) is 1. The SMILES string of the molecule is N.NC(Cc1ccccc1)C(=O)O.OCCCc1ccccc1.c1ccc2[nH]nnc2c1. The Morgan fingerprint density at radius 2 is 1.47 bits per heavy atom. The molecule has 1 atom stereocenters. The molecule has 1 unspecified atom stereocenters. The number of aliphatic carboxylic acids is 1. The van der Waals surface area contributed by atoms with Gasteiger partial charge in [0.25, 0.3) is 0 Å². The summed E-state index contributed by atoms with van der Waals surface area (Å²) in [6.45, 7) is 0.287. The Hall–Kier alpha value is -3.59. The lowest BCUT2D eigenvalue weighted by atomic mass is 10.1. The van der Waals surface area contributed by atoms with Gasteiger partial charge in [0.15, 0.2) is 0 Å². The molecule has 0 aliphatic carbocycles. The second-order valence-corrected chi connectivity index (χ2v) is 6.78. The van der Waals surface area contributed by atoms with Gasteiger partial charge in [0, 0.05) is 6.61 Å². The van der Waals surface area contributed by atoms with Crippen molar-refractivity contribution in [3.63, 3.8) is 0 Å². The standard InChI is InChI=1S/C9H11NO2.C9H12O.C6H5N3.H3N/c10-8(9(11)12)6-7-4-2-1-3-5-7;10-8-4-7-9-5-2-1-3-6-9;1-2-4-6-5(3-1)7-9-8-6;/h1-5,8H,6,10H2,(H,11,12);1-3,5-6,10H,4,7-8H2;1-4H,(H,7,8,9);1H3. The summed E-state index contributed by atoms with van der Waals surface area (Å²) in [7, 11) is 0. The van der Waals surface area contributed by atoms with E-state index in [1.54, 1.807) is 0 Å². The topological polar surface area (TPSA) is 160 Å². The average Bonchev–Trinajstić information content (AvgIpc) is 3.29. The van der Waals surface area contributed by atoms with Gasteiger partial charge in [0.2, 0.25) is 0 Å². The van der Waals surface area contributed by atoms with Crippen molar-refractivity contribution in [3.05, 3.63) is 96.1 Å². The Bertz CT molecular complexity index is 980. The van der Waals surface area contributed by atoms with Crippen LogP contribution in [0, 0.1) is 0 Å². The molecule has 170 valence electrons. The Morgan fingerprint density at radius 3 is 2.03 bits per heavy atom. The molecule has 0 aliphatic heterocycles. The molecule has 32 heavy (non-hydrogen) atoms. The summed E-state index contributed by atoms with van der Waals surface area (Å²) in [5, 5.41) is 27.2. The van der Waals surface area contributed by atoms with E-state index in [-0.39, 0.29) is 12.8 Å². The number of aliphatic hydroxyl groups is 1. The number of carboxylic acid groups (broad SMARTS) is 1. The van der Waals surface area contributed by atoms with E-state index in [1.807, 2.05) is 72.8 Å². The molecule has 4 rings (SSSR count). The van der Waals surface area contributed by atoms with Crippen molar-refractivity contribution in [2.45, 2.75) is 25.3 Å². The van der Waals surface area contributed by atoms with Crippen LogP contribution in [0.2, 0.25) is 0 Å². The largest absolute Gasteiger partial charge is 0.480 e. The van der Waals surface area contributed by atoms with Crippen LogP contribution in [0.25, 0.3) is 11.0 Å². The highest BCUT2D eigenvalue weighted by Gasteiger charge is 2.10. The fourth-order valence-electron chi connectivity index (χ4n) is 2.67. The van der Waals surface area contributed by atoms with Crippen LogP contribution < -0.4 is 11.9 Å². The van der Waals surface area contributed by atoms with Crippen LogP contribution in [0.15, 0.2) is 84.9 Å². The highest BCUT2D eigenvalue weighted by molar-refractivity contribution is 5.73. The van der Waals surface area contributed by atoms with Gasteiger partial charge in [-0.15, -0.1) is 5.10 Å². The molecule has 1 aromatic heterocycles. The molecule has 0 aliphatic rings. The molecule has 8 heteroatoms. The lowest BCUT2D eigenvalue weighted by Crippen LogP contribution is -2.32. The number of carbonyl (C=O) groups is 1. The van der Waals surface area contributed by atoms with Crippen LogP contribution in [0.4, 0.5) is 0 Å². The van der Waals surface area contributed by atoms with Gasteiger partial charge in [-0.1, -0.05) is 78.0 Å². The van der Waals surface area contributed by atoms with Crippen LogP contribution in [0.5, 0.6) is 0 Å². The quantitative estimate of drug-likeness (QED) is 0.309. The third-order valence-corrected chi connectivity index (χ3v) is 4.31. The fraction of sp³-hybridized carbons (Fsp3) is 0.208. The molecule has 8 N–H and O–H groups in total. The van der Waals surface area contributed by atoms with E-state index >= 15 is 0 Å². The van der Waals surface area contributed by atoms with Crippen molar-refractivity contribution in [1.29, 1.82) is 0 Å². The van der Waals surface area contributed by atoms with Crippen molar-refractivity contribution >= 4 is 17.0 Å². The van der Waals surface area contributed by atoms with E-state index in [0.29, 0.717) is 6.42 Å². The van der Waals surface area contributed by atoms with E-state index in [9.17, 15) is 4.79 Å².